The van der Waals surface area contributed by atoms with Crippen molar-refractivity contribution in [3.05, 3.63) is 71.1 Å². The van der Waals surface area contributed by atoms with Gasteiger partial charge in [0.05, 0.1) is 21.3 Å². The third kappa shape index (κ3) is 3.98. The van der Waals surface area contributed by atoms with Crippen LogP contribution in [0.4, 0.5) is 0 Å². The largest absolute Gasteiger partial charge is 0.497 e. The normalized spacial score (nSPS) is 13.3. The molecule has 0 fully saturated rings. The standard InChI is InChI=1S/C21H21O3P/c1-22-16-4-10-19(11-5-16)25(20-12-6-17(23-2)7-13-20)21-14-8-18(24-3)9-15-21/h4-7,10-13H,8,14H2,1-3H3. The SMILES string of the molecule is COC1=C=C=C(P(c2ccc(OC)cc2)c2ccc(OC)cc2)CC1. The molecule has 0 radical (unpaired) electrons. The average Bonchev–Trinajstić information content (AvgIpc) is 2.70. The molecule has 2 aromatic carbocycles. The van der Waals surface area contributed by atoms with Gasteiger partial charge in [0.2, 0.25) is 0 Å². The number of hydrogen-bond donors (Lipinski definition) is 0. The highest BCUT2D eigenvalue weighted by atomic mass is 31.1. The number of benzene rings is 2. The van der Waals surface area contributed by atoms with E-state index in [0.29, 0.717) is 0 Å². The third-order valence-electron chi connectivity index (χ3n) is 4.11. The topological polar surface area (TPSA) is 27.7 Å². The fraction of sp³-hybridized carbons (Fsp3) is 0.238. The summed E-state index contributed by atoms with van der Waals surface area (Å²) in [6.45, 7) is 0. The molecule has 1 aliphatic carbocycles. The van der Waals surface area contributed by atoms with E-state index in [9.17, 15) is 0 Å². The molecule has 0 heterocycles. The van der Waals surface area contributed by atoms with E-state index in [0.717, 1.165) is 30.1 Å². The van der Waals surface area contributed by atoms with Crippen molar-refractivity contribution in [1.82, 2.24) is 0 Å². The minimum atomic E-state index is -0.665. The van der Waals surface area contributed by atoms with Crippen molar-refractivity contribution in [2.45, 2.75) is 12.8 Å². The fourth-order valence-corrected chi connectivity index (χ4v) is 5.06. The number of methoxy groups -OCH3 is 3. The van der Waals surface area contributed by atoms with Gasteiger partial charge in [-0.1, -0.05) is 30.0 Å². The van der Waals surface area contributed by atoms with Gasteiger partial charge in [-0.25, -0.2) is 0 Å². The molecular formula is C21H21O3P. The molecule has 0 saturated carbocycles. The molecule has 3 rings (SSSR count). The average molecular weight is 352 g/mol. The summed E-state index contributed by atoms with van der Waals surface area (Å²) in [5.74, 6) is 2.59. The molecule has 3 nitrogen and oxygen atoms in total. The summed E-state index contributed by atoms with van der Waals surface area (Å²) in [5, 5.41) is 3.81. The van der Waals surface area contributed by atoms with Crippen LogP contribution in [0, 0.1) is 0 Å². The highest BCUT2D eigenvalue weighted by Crippen LogP contribution is 2.46. The van der Waals surface area contributed by atoms with Crippen LogP contribution in [0.2, 0.25) is 0 Å². The molecule has 0 atom stereocenters. The van der Waals surface area contributed by atoms with Crippen molar-refractivity contribution < 1.29 is 14.2 Å². The third-order valence-corrected chi connectivity index (χ3v) is 6.62. The minimum Gasteiger partial charge on any atom is -0.497 e. The van der Waals surface area contributed by atoms with E-state index in [-0.39, 0.29) is 0 Å². The van der Waals surface area contributed by atoms with E-state index in [1.54, 1.807) is 21.3 Å². The smallest absolute Gasteiger partial charge is 0.146 e. The maximum Gasteiger partial charge on any atom is 0.146 e. The van der Waals surface area contributed by atoms with Crippen LogP contribution in [0.5, 0.6) is 11.5 Å². The molecule has 2 aromatic rings. The molecule has 0 amide bonds. The molecule has 0 spiro atoms. The summed E-state index contributed by atoms with van der Waals surface area (Å²) in [7, 11) is 4.39. The van der Waals surface area contributed by atoms with Crippen LogP contribution in [0.3, 0.4) is 0 Å². The Kier molecular flexibility index (Phi) is 5.64. The Balaban J connectivity index is 2.07. The second-order valence-electron chi connectivity index (χ2n) is 5.56. The molecule has 0 saturated heterocycles. The van der Waals surface area contributed by atoms with Crippen molar-refractivity contribution in [1.29, 1.82) is 0 Å². The predicted octanol–water partition coefficient (Wildman–Crippen LogP) is 4.10. The Bertz CT molecular complexity index is 777. The molecule has 1 aliphatic rings. The first kappa shape index (κ1) is 17.4. The van der Waals surface area contributed by atoms with Crippen LogP contribution in [-0.4, -0.2) is 21.3 Å². The molecule has 0 aliphatic heterocycles. The Hall–Kier alpha value is -2.43. The van der Waals surface area contributed by atoms with Gasteiger partial charge in [-0.3, -0.25) is 0 Å². The second kappa shape index (κ2) is 8.10. The number of rotatable bonds is 6. The van der Waals surface area contributed by atoms with E-state index in [2.05, 4.69) is 35.7 Å². The van der Waals surface area contributed by atoms with Crippen LogP contribution in [0.25, 0.3) is 0 Å². The molecule has 128 valence electrons. The van der Waals surface area contributed by atoms with Gasteiger partial charge in [-0.15, -0.1) is 0 Å². The minimum absolute atomic E-state index is 0.665. The number of allylic oxidation sites excluding steroid dienone is 2. The molecule has 0 aromatic heterocycles. The fourth-order valence-electron chi connectivity index (χ4n) is 2.74. The predicted molar refractivity (Wildman–Crippen MR) is 102 cm³/mol. The van der Waals surface area contributed by atoms with Crippen LogP contribution in [-0.2, 0) is 4.74 Å². The quantitative estimate of drug-likeness (QED) is 0.579. The van der Waals surface area contributed by atoms with Gasteiger partial charge in [0.15, 0.2) is 0 Å². The van der Waals surface area contributed by atoms with E-state index < -0.39 is 7.92 Å². The van der Waals surface area contributed by atoms with Gasteiger partial charge in [0.25, 0.3) is 0 Å². The Morgan fingerprint density at radius 3 is 1.56 bits per heavy atom. The monoisotopic (exact) mass is 352 g/mol. The second-order valence-corrected chi connectivity index (χ2v) is 7.80. The number of hydrogen-bond acceptors (Lipinski definition) is 3. The summed E-state index contributed by atoms with van der Waals surface area (Å²) >= 11 is 0. The van der Waals surface area contributed by atoms with Gasteiger partial charge in [0.1, 0.15) is 17.3 Å². The van der Waals surface area contributed by atoms with Crippen LogP contribution in [0.1, 0.15) is 12.8 Å². The van der Waals surface area contributed by atoms with Gasteiger partial charge >= 0.3 is 0 Å². The first-order valence-corrected chi connectivity index (χ1v) is 9.45. The molecule has 0 bridgehead atoms. The van der Waals surface area contributed by atoms with Crippen LogP contribution < -0.4 is 20.1 Å². The summed E-state index contributed by atoms with van der Waals surface area (Å²) in [4.78, 5) is 0. The summed E-state index contributed by atoms with van der Waals surface area (Å²) in [6, 6.07) is 16.6. The van der Waals surface area contributed by atoms with Crippen molar-refractivity contribution >= 4 is 18.5 Å². The van der Waals surface area contributed by atoms with Crippen LogP contribution >= 0.6 is 7.92 Å². The van der Waals surface area contributed by atoms with Crippen molar-refractivity contribution in [3.8, 4) is 11.5 Å². The molecule has 25 heavy (non-hydrogen) atoms. The molecular weight excluding hydrogens is 331 g/mol. The van der Waals surface area contributed by atoms with Crippen molar-refractivity contribution in [3.63, 3.8) is 0 Å². The van der Waals surface area contributed by atoms with Crippen molar-refractivity contribution in [2.75, 3.05) is 21.3 Å². The summed E-state index contributed by atoms with van der Waals surface area (Å²) in [5.41, 5.74) is 6.50. The summed E-state index contributed by atoms with van der Waals surface area (Å²) in [6.07, 6.45) is 1.80. The van der Waals surface area contributed by atoms with Crippen molar-refractivity contribution in [2.24, 2.45) is 0 Å². The molecule has 0 unspecified atom stereocenters. The highest BCUT2D eigenvalue weighted by Gasteiger charge is 2.21. The van der Waals surface area contributed by atoms with Gasteiger partial charge in [0, 0.05) is 11.7 Å². The van der Waals surface area contributed by atoms with E-state index >= 15 is 0 Å². The van der Waals surface area contributed by atoms with E-state index in [1.165, 1.54) is 15.9 Å². The Morgan fingerprint density at radius 2 is 1.20 bits per heavy atom. The zero-order chi connectivity index (χ0) is 17.6. The number of ether oxygens (including phenoxy) is 3. The zero-order valence-electron chi connectivity index (χ0n) is 14.7. The lowest BCUT2D eigenvalue weighted by molar-refractivity contribution is 0.278. The lowest BCUT2D eigenvalue weighted by Gasteiger charge is -2.22. The maximum atomic E-state index is 5.30. The Labute approximate surface area is 150 Å². The van der Waals surface area contributed by atoms with Gasteiger partial charge < -0.3 is 14.2 Å². The van der Waals surface area contributed by atoms with E-state index in [4.69, 9.17) is 14.2 Å². The van der Waals surface area contributed by atoms with Crippen LogP contribution in [0.15, 0.2) is 71.1 Å². The Morgan fingerprint density at radius 1 is 0.680 bits per heavy atom. The first-order valence-electron chi connectivity index (χ1n) is 8.11. The van der Waals surface area contributed by atoms with Gasteiger partial charge in [-0.05, 0) is 54.9 Å². The van der Waals surface area contributed by atoms with E-state index in [1.807, 2.05) is 24.3 Å². The molecule has 4 heteroatoms. The molecule has 0 N–H and O–H groups in total. The highest BCUT2D eigenvalue weighted by molar-refractivity contribution is 7.76. The first-order chi connectivity index (χ1) is 12.2. The lowest BCUT2D eigenvalue weighted by atomic mass is 10.2. The maximum absolute atomic E-state index is 5.30. The zero-order valence-corrected chi connectivity index (χ0v) is 15.6. The summed E-state index contributed by atoms with van der Waals surface area (Å²) < 4.78 is 15.9. The van der Waals surface area contributed by atoms with Gasteiger partial charge in [-0.2, -0.15) is 0 Å². The lowest BCUT2D eigenvalue weighted by Crippen LogP contribution is -2.13.